The van der Waals surface area contributed by atoms with Crippen molar-refractivity contribution >= 4 is 22.7 Å². The van der Waals surface area contributed by atoms with Gasteiger partial charge in [-0.3, -0.25) is 9.36 Å². The van der Waals surface area contributed by atoms with E-state index in [4.69, 9.17) is 4.74 Å². The molecule has 5 heteroatoms. The van der Waals surface area contributed by atoms with Crippen LogP contribution in [-0.4, -0.2) is 28.5 Å². The number of fused-ring (bicyclic) bond motifs is 1. The third kappa shape index (κ3) is 2.40. The highest BCUT2D eigenvalue weighted by Gasteiger charge is 2.19. The molecule has 0 radical (unpaired) electrons. The average molecular weight is 276 g/mol. The molecule has 1 saturated heterocycles. The Bertz CT molecular complexity index is 647. The van der Waals surface area contributed by atoms with Crippen LogP contribution in [0.1, 0.15) is 12.8 Å². The summed E-state index contributed by atoms with van der Waals surface area (Å²) in [6, 6.07) is 7.50. The molecule has 0 amide bonds. The van der Waals surface area contributed by atoms with Crippen LogP contribution in [0.5, 0.6) is 0 Å². The highest BCUT2D eigenvalue weighted by atomic mass is 32.2. The molecule has 1 aliphatic heterocycles. The van der Waals surface area contributed by atoms with Gasteiger partial charge in [0.15, 0.2) is 5.16 Å². The van der Waals surface area contributed by atoms with Gasteiger partial charge in [0, 0.05) is 6.61 Å². The molecule has 19 heavy (non-hydrogen) atoms. The Hall–Kier alpha value is -1.33. The number of rotatable bonds is 3. The van der Waals surface area contributed by atoms with Crippen molar-refractivity contribution in [3.05, 3.63) is 34.6 Å². The van der Waals surface area contributed by atoms with E-state index in [9.17, 15) is 4.79 Å². The summed E-state index contributed by atoms with van der Waals surface area (Å²) in [5.74, 6) is 0. The van der Waals surface area contributed by atoms with Gasteiger partial charge in [0.1, 0.15) is 0 Å². The Labute approximate surface area is 115 Å². The highest BCUT2D eigenvalue weighted by Crippen LogP contribution is 2.19. The van der Waals surface area contributed by atoms with Crippen LogP contribution in [0.3, 0.4) is 0 Å². The summed E-state index contributed by atoms with van der Waals surface area (Å²) in [6.45, 7) is 1.40. The van der Waals surface area contributed by atoms with E-state index in [-0.39, 0.29) is 11.7 Å². The van der Waals surface area contributed by atoms with E-state index < -0.39 is 0 Å². The second kappa shape index (κ2) is 5.35. The number of nitrogens with zero attached hydrogens (tertiary/aromatic N) is 2. The van der Waals surface area contributed by atoms with Crippen LogP contribution in [0.4, 0.5) is 0 Å². The Morgan fingerprint density at radius 1 is 1.47 bits per heavy atom. The highest BCUT2D eigenvalue weighted by molar-refractivity contribution is 7.98. The van der Waals surface area contributed by atoms with Gasteiger partial charge in [-0.05, 0) is 31.2 Å². The Balaban J connectivity index is 2.10. The second-order valence-corrected chi connectivity index (χ2v) is 5.44. The zero-order chi connectivity index (χ0) is 13.2. The Kier molecular flexibility index (Phi) is 3.57. The van der Waals surface area contributed by atoms with Crippen LogP contribution >= 0.6 is 11.8 Å². The molecule has 0 aliphatic carbocycles. The Morgan fingerprint density at radius 3 is 3.05 bits per heavy atom. The minimum absolute atomic E-state index is 0.0328. The van der Waals surface area contributed by atoms with Crippen LogP contribution < -0.4 is 5.56 Å². The lowest BCUT2D eigenvalue weighted by Gasteiger charge is -2.15. The first kappa shape index (κ1) is 12.7. The maximum atomic E-state index is 12.5. The molecule has 0 spiro atoms. The van der Waals surface area contributed by atoms with E-state index in [0.717, 1.165) is 30.1 Å². The molecule has 0 N–H and O–H groups in total. The quantitative estimate of drug-likeness (QED) is 0.637. The van der Waals surface area contributed by atoms with E-state index in [1.807, 2.05) is 30.5 Å². The molecule has 1 fully saturated rings. The van der Waals surface area contributed by atoms with Gasteiger partial charge in [0.2, 0.25) is 0 Å². The average Bonchev–Trinajstić information content (AvgIpc) is 2.95. The number of hydrogen-bond acceptors (Lipinski definition) is 4. The molecule has 2 aromatic rings. The summed E-state index contributed by atoms with van der Waals surface area (Å²) in [5.41, 5.74) is 0.797. The largest absolute Gasteiger partial charge is 0.376 e. The lowest BCUT2D eigenvalue weighted by atomic mass is 10.2. The third-order valence-corrected chi connectivity index (χ3v) is 4.10. The van der Waals surface area contributed by atoms with Crippen LogP contribution in [-0.2, 0) is 11.3 Å². The number of para-hydroxylation sites is 1. The number of thioether (sulfide) groups is 1. The van der Waals surface area contributed by atoms with Crippen molar-refractivity contribution < 1.29 is 4.74 Å². The van der Waals surface area contributed by atoms with Gasteiger partial charge < -0.3 is 4.74 Å². The molecule has 1 aromatic heterocycles. The van der Waals surface area contributed by atoms with Gasteiger partial charge in [0.05, 0.1) is 23.6 Å². The van der Waals surface area contributed by atoms with Crippen LogP contribution in [0.25, 0.3) is 10.9 Å². The zero-order valence-electron chi connectivity index (χ0n) is 10.8. The molecule has 1 aliphatic rings. The fourth-order valence-corrected chi connectivity index (χ4v) is 3.02. The van der Waals surface area contributed by atoms with Gasteiger partial charge >= 0.3 is 0 Å². The van der Waals surface area contributed by atoms with Crippen LogP contribution in [0.15, 0.2) is 34.2 Å². The van der Waals surface area contributed by atoms with Crippen molar-refractivity contribution in [2.24, 2.45) is 0 Å². The van der Waals surface area contributed by atoms with E-state index >= 15 is 0 Å². The third-order valence-electron chi connectivity index (χ3n) is 3.42. The minimum atomic E-state index is 0.0328. The van der Waals surface area contributed by atoms with Gasteiger partial charge in [-0.15, -0.1) is 0 Å². The molecular weight excluding hydrogens is 260 g/mol. The molecule has 1 aromatic carbocycles. The molecule has 4 nitrogen and oxygen atoms in total. The van der Waals surface area contributed by atoms with Crippen LogP contribution in [0, 0.1) is 0 Å². The molecule has 2 heterocycles. The van der Waals surface area contributed by atoms with Crippen molar-refractivity contribution in [1.29, 1.82) is 0 Å². The monoisotopic (exact) mass is 276 g/mol. The zero-order valence-corrected chi connectivity index (χ0v) is 11.7. The number of benzene rings is 1. The maximum absolute atomic E-state index is 12.5. The van der Waals surface area contributed by atoms with Crippen molar-refractivity contribution in [3.63, 3.8) is 0 Å². The van der Waals surface area contributed by atoms with E-state index in [1.165, 1.54) is 11.8 Å². The van der Waals surface area contributed by atoms with Gasteiger partial charge in [-0.2, -0.15) is 0 Å². The van der Waals surface area contributed by atoms with Crippen molar-refractivity contribution in [1.82, 2.24) is 9.55 Å². The molecule has 0 saturated carbocycles. The van der Waals surface area contributed by atoms with E-state index in [0.29, 0.717) is 11.9 Å². The van der Waals surface area contributed by atoms with Gasteiger partial charge in [-0.25, -0.2) is 4.98 Å². The summed E-state index contributed by atoms with van der Waals surface area (Å²) in [5, 5.41) is 1.44. The second-order valence-electron chi connectivity index (χ2n) is 4.67. The maximum Gasteiger partial charge on any atom is 0.262 e. The van der Waals surface area contributed by atoms with E-state index in [1.54, 1.807) is 4.57 Å². The predicted octanol–water partition coefficient (Wildman–Crippen LogP) is 2.30. The van der Waals surface area contributed by atoms with Crippen molar-refractivity contribution in [2.45, 2.75) is 30.6 Å². The van der Waals surface area contributed by atoms with E-state index in [2.05, 4.69) is 4.98 Å². The summed E-state index contributed by atoms with van der Waals surface area (Å²) >= 11 is 1.50. The van der Waals surface area contributed by atoms with Crippen molar-refractivity contribution in [2.75, 3.05) is 12.9 Å². The summed E-state index contributed by atoms with van der Waals surface area (Å²) in [6.07, 6.45) is 4.19. The topological polar surface area (TPSA) is 44.1 Å². The first-order valence-electron chi connectivity index (χ1n) is 6.45. The molecule has 3 rings (SSSR count). The summed E-state index contributed by atoms with van der Waals surface area (Å²) < 4.78 is 7.38. The smallest absolute Gasteiger partial charge is 0.262 e. The number of aromatic nitrogens is 2. The minimum Gasteiger partial charge on any atom is -0.376 e. The van der Waals surface area contributed by atoms with Crippen LogP contribution in [0.2, 0.25) is 0 Å². The molecule has 1 unspecified atom stereocenters. The fraction of sp³-hybridized carbons (Fsp3) is 0.429. The molecule has 100 valence electrons. The molecule has 1 atom stereocenters. The van der Waals surface area contributed by atoms with Gasteiger partial charge in [-0.1, -0.05) is 23.9 Å². The number of ether oxygens (including phenoxy) is 1. The lowest BCUT2D eigenvalue weighted by molar-refractivity contribution is 0.0937. The molecular formula is C14H16N2O2S. The SMILES string of the molecule is CSc1nc2ccccc2c(=O)n1CC1CCCO1. The predicted molar refractivity (Wildman–Crippen MR) is 76.8 cm³/mol. The first-order valence-corrected chi connectivity index (χ1v) is 7.67. The normalized spacial score (nSPS) is 19.1. The first-order chi connectivity index (χ1) is 9.29. The Morgan fingerprint density at radius 2 is 2.32 bits per heavy atom. The fourth-order valence-electron chi connectivity index (χ4n) is 2.46. The van der Waals surface area contributed by atoms with Crippen molar-refractivity contribution in [3.8, 4) is 0 Å². The van der Waals surface area contributed by atoms with Gasteiger partial charge in [0.25, 0.3) is 5.56 Å². The summed E-state index contributed by atoms with van der Waals surface area (Å²) in [7, 11) is 0. The standard InChI is InChI=1S/C14H16N2O2S/c1-19-14-15-12-7-3-2-6-11(12)13(17)16(14)9-10-5-4-8-18-10/h2-3,6-7,10H,4-5,8-9H2,1H3. The summed E-state index contributed by atoms with van der Waals surface area (Å²) in [4.78, 5) is 17.1. The lowest BCUT2D eigenvalue weighted by Crippen LogP contribution is -2.28. The number of hydrogen-bond donors (Lipinski definition) is 0. The molecule has 0 bridgehead atoms.